The molecule has 0 spiro atoms. The zero-order valence-corrected chi connectivity index (χ0v) is 17.7. The first-order valence-electron chi connectivity index (χ1n) is 11.0. The number of benzene rings is 3. The molecule has 154 valence electrons. The second kappa shape index (κ2) is 7.77. The van der Waals surface area contributed by atoms with E-state index in [0.717, 1.165) is 35.0 Å². The minimum Gasteiger partial charge on any atom is -0.350 e. The predicted molar refractivity (Wildman–Crippen MR) is 123 cm³/mol. The van der Waals surface area contributed by atoms with Gasteiger partial charge >= 0.3 is 0 Å². The molecular weight excluding hydrogens is 370 g/mol. The van der Waals surface area contributed by atoms with Crippen LogP contribution in [0.15, 0.2) is 66.7 Å². The molecule has 30 heavy (non-hydrogen) atoms. The van der Waals surface area contributed by atoms with Crippen LogP contribution in [0.1, 0.15) is 48.8 Å². The number of hydrogen-bond acceptors (Lipinski definition) is 3. The van der Waals surface area contributed by atoms with Crippen LogP contribution in [0.3, 0.4) is 0 Å². The van der Waals surface area contributed by atoms with E-state index < -0.39 is 0 Å². The highest BCUT2D eigenvalue weighted by Crippen LogP contribution is 2.43. The monoisotopic (exact) mass is 399 g/mol. The summed E-state index contributed by atoms with van der Waals surface area (Å²) in [7, 11) is 0. The molecule has 0 saturated carbocycles. The first-order valence-corrected chi connectivity index (χ1v) is 11.0. The van der Waals surface area contributed by atoms with E-state index in [0.29, 0.717) is 6.04 Å². The highest BCUT2D eigenvalue weighted by Gasteiger charge is 2.44. The van der Waals surface area contributed by atoms with Crippen molar-refractivity contribution in [3.8, 4) is 0 Å². The van der Waals surface area contributed by atoms with Crippen LogP contribution in [0.25, 0.3) is 10.8 Å². The normalized spacial score (nSPS) is 21.4. The maximum atomic E-state index is 13.4. The number of hydrogen-bond donors (Lipinski definition) is 1. The summed E-state index contributed by atoms with van der Waals surface area (Å²) in [4.78, 5) is 18.5. The molecule has 0 radical (unpaired) electrons. The summed E-state index contributed by atoms with van der Waals surface area (Å²) in [5.74, 6) is 0.0208. The summed E-state index contributed by atoms with van der Waals surface area (Å²) < 4.78 is 0. The number of para-hydroxylation sites is 1. The first kappa shape index (κ1) is 19.1. The molecule has 2 fully saturated rings. The molecule has 0 bridgehead atoms. The van der Waals surface area contributed by atoms with Gasteiger partial charge in [0.2, 0.25) is 0 Å². The van der Waals surface area contributed by atoms with Crippen molar-refractivity contribution < 1.29 is 4.79 Å². The molecule has 0 aliphatic carbocycles. The SMILES string of the molecule is CC(C)NC(=O)c1c([C@H]2N(c3ccccc3)C[C@@H]3CCCN32)ccc2ccccc12. The smallest absolute Gasteiger partial charge is 0.252 e. The van der Waals surface area contributed by atoms with Gasteiger partial charge < -0.3 is 10.2 Å². The van der Waals surface area contributed by atoms with Gasteiger partial charge in [0.1, 0.15) is 6.17 Å². The van der Waals surface area contributed by atoms with Gasteiger partial charge in [-0.1, -0.05) is 54.6 Å². The summed E-state index contributed by atoms with van der Waals surface area (Å²) in [5, 5.41) is 5.29. The van der Waals surface area contributed by atoms with Crippen LogP contribution in [0, 0.1) is 0 Å². The molecule has 2 aliphatic heterocycles. The minimum atomic E-state index is 0.0208. The van der Waals surface area contributed by atoms with Gasteiger partial charge in [0.05, 0.1) is 5.56 Å². The van der Waals surface area contributed by atoms with E-state index in [-0.39, 0.29) is 18.1 Å². The van der Waals surface area contributed by atoms with E-state index in [9.17, 15) is 4.79 Å². The summed E-state index contributed by atoms with van der Waals surface area (Å²) in [6, 6.07) is 23.9. The zero-order chi connectivity index (χ0) is 20.7. The average Bonchev–Trinajstić information content (AvgIpc) is 3.34. The van der Waals surface area contributed by atoms with Crippen molar-refractivity contribution in [3.05, 3.63) is 77.9 Å². The predicted octanol–water partition coefficient (Wildman–Crippen LogP) is 4.96. The van der Waals surface area contributed by atoms with E-state index in [1.807, 2.05) is 26.0 Å². The van der Waals surface area contributed by atoms with Gasteiger partial charge in [-0.2, -0.15) is 0 Å². The third-order valence-electron chi connectivity index (χ3n) is 6.41. The molecule has 3 aromatic rings. The Balaban J connectivity index is 1.69. The number of fused-ring (bicyclic) bond motifs is 2. The quantitative estimate of drug-likeness (QED) is 0.673. The Labute approximate surface area is 178 Å². The molecular formula is C26H29N3O. The summed E-state index contributed by atoms with van der Waals surface area (Å²) in [6.45, 7) is 6.12. The number of nitrogens with zero attached hydrogens (tertiary/aromatic N) is 2. The fourth-order valence-electron chi connectivity index (χ4n) is 5.19. The van der Waals surface area contributed by atoms with Gasteiger partial charge in [0, 0.05) is 36.4 Å². The number of carbonyl (C=O) groups excluding carboxylic acids is 1. The van der Waals surface area contributed by atoms with Crippen LogP contribution < -0.4 is 10.2 Å². The maximum Gasteiger partial charge on any atom is 0.252 e. The number of amides is 1. The molecule has 1 amide bonds. The standard InChI is InChI=1S/C26H29N3O/c1-18(2)27-25(30)24-22-13-7-6-9-19(22)14-15-23(24)26-28-16-8-12-21(28)17-29(26)20-10-4-3-5-11-20/h3-7,9-11,13-15,18,21,26H,8,12,16-17H2,1-2H3,(H,27,30)/t21-,26+/m0/s1. The van der Waals surface area contributed by atoms with Gasteiger partial charge in [-0.25, -0.2) is 0 Å². The van der Waals surface area contributed by atoms with Crippen LogP contribution in [0.5, 0.6) is 0 Å². The largest absolute Gasteiger partial charge is 0.350 e. The van der Waals surface area contributed by atoms with Crippen molar-refractivity contribution in [1.82, 2.24) is 10.2 Å². The van der Waals surface area contributed by atoms with E-state index in [1.165, 1.54) is 18.5 Å². The fourth-order valence-corrected chi connectivity index (χ4v) is 5.19. The maximum absolute atomic E-state index is 13.4. The Kier molecular flexibility index (Phi) is 4.95. The van der Waals surface area contributed by atoms with Gasteiger partial charge in [-0.05, 0) is 49.6 Å². The lowest BCUT2D eigenvalue weighted by Crippen LogP contribution is -2.35. The Morgan fingerprint density at radius 1 is 1.00 bits per heavy atom. The molecule has 2 heterocycles. The van der Waals surface area contributed by atoms with Crippen molar-refractivity contribution in [3.63, 3.8) is 0 Å². The van der Waals surface area contributed by atoms with Crippen molar-refractivity contribution >= 4 is 22.4 Å². The Bertz CT molecular complexity index is 1060. The third-order valence-corrected chi connectivity index (χ3v) is 6.41. The van der Waals surface area contributed by atoms with Crippen LogP contribution >= 0.6 is 0 Å². The summed E-state index contributed by atoms with van der Waals surface area (Å²) >= 11 is 0. The lowest BCUT2D eigenvalue weighted by molar-refractivity contribution is 0.0941. The van der Waals surface area contributed by atoms with Crippen LogP contribution in [0.2, 0.25) is 0 Å². The van der Waals surface area contributed by atoms with Gasteiger partial charge in [-0.15, -0.1) is 0 Å². The second-order valence-electron chi connectivity index (χ2n) is 8.77. The molecule has 3 aromatic carbocycles. The lowest BCUT2D eigenvalue weighted by atomic mass is 9.95. The molecule has 4 nitrogen and oxygen atoms in total. The number of carbonyl (C=O) groups is 1. The number of nitrogens with one attached hydrogen (secondary N) is 1. The van der Waals surface area contributed by atoms with Crippen molar-refractivity contribution in [2.45, 2.75) is 44.9 Å². The molecule has 2 atom stereocenters. The molecule has 1 N–H and O–H groups in total. The lowest BCUT2D eigenvalue weighted by Gasteiger charge is -2.33. The van der Waals surface area contributed by atoms with Gasteiger partial charge in [-0.3, -0.25) is 9.69 Å². The topological polar surface area (TPSA) is 35.6 Å². The Morgan fingerprint density at radius 3 is 2.57 bits per heavy atom. The Morgan fingerprint density at radius 2 is 1.77 bits per heavy atom. The highest BCUT2D eigenvalue weighted by atomic mass is 16.1. The number of anilines is 1. The highest BCUT2D eigenvalue weighted by molar-refractivity contribution is 6.08. The molecule has 2 aliphatic rings. The summed E-state index contributed by atoms with van der Waals surface area (Å²) in [6.07, 6.45) is 2.53. The van der Waals surface area contributed by atoms with E-state index in [4.69, 9.17) is 0 Å². The second-order valence-corrected chi connectivity index (χ2v) is 8.77. The van der Waals surface area contributed by atoms with Crippen LogP contribution in [-0.2, 0) is 0 Å². The van der Waals surface area contributed by atoms with E-state index in [1.54, 1.807) is 0 Å². The van der Waals surface area contributed by atoms with Crippen molar-refractivity contribution in [2.24, 2.45) is 0 Å². The molecule has 5 rings (SSSR count). The van der Waals surface area contributed by atoms with Crippen molar-refractivity contribution in [2.75, 3.05) is 18.0 Å². The first-order chi connectivity index (χ1) is 14.6. The molecule has 0 aromatic heterocycles. The molecule has 2 saturated heterocycles. The van der Waals surface area contributed by atoms with Gasteiger partial charge in [0.25, 0.3) is 5.91 Å². The number of rotatable bonds is 4. The molecule has 4 heteroatoms. The average molecular weight is 400 g/mol. The minimum absolute atomic E-state index is 0.0208. The van der Waals surface area contributed by atoms with Gasteiger partial charge in [0.15, 0.2) is 0 Å². The molecule has 0 unspecified atom stereocenters. The van der Waals surface area contributed by atoms with E-state index in [2.05, 4.69) is 69.7 Å². The van der Waals surface area contributed by atoms with E-state index >= 15 is 0 Å². The van der Waals surface area contributed by atoms with Crippen LogP contribution in [-0.4, -0.2) is 36.0 Å². The van der Waals surface area contributed by atoms with Crippen LogP contribution in [0.4, 0.5) is 5.69 Å². The fraction of sp³-hybridized carbons (Fsp3) is 0.346. The Hall–Kier alpha value is -2.85. The third kappa shape index (κ3) is 3.25. The zero-order valence-electron chi connectivity index (χ0n) is 17.7. The van der Waals surface area contributed by atoms with Crippen molar-refractivity contribution in [1.29, 1.82) is 0 Å². The summed E-state index contributed by atoms with van der Waals surface area (Å²) in [5.41, 5.74) is 3.15.